The van der Waals surface area contributed by atoms with E-state index in [1.807, 2.05) is 6.92 Å². The van der Waals surface area contributed by atoms with Gasteiger partial charge in [-0.25, -0.2) is 0 Å². The molecule has 0 heterocycles. The number of hydrogen-bond acceptors (Lipinski definition) is 3. The summed E-state index contributed by atoms with van der Waals surface area (Å²) in [5.41, 5.74) is 5.19. The summed E-state index contributed by atoms with van der Waals surface area (Å²) in [6.07, 6.45) is -3.46. The Bertz CT molecular complexity index is 508. The summed E-state index contributed by atoms with van der Waals surface area (Å²) in [7, 11) is 1.46. The van der Waals surface area contributed by atoms with Crippen LogP contribution in [0.2, 0.25) is 0 Å². The Morgan fingerprint density at radius 1 is 1.38 bits per heavy atom. The Morgan fingerprint density at radius 2 is 2.04 bits per heavy atom. The summed E-state index contributed by atoms with van der Waals surface area (Å²) < 4.78 is 43.5. The van der Waals surface area contributed by atoms with E-state index in [1.54, 1.807) is 6.07 Å². The predicted molar refractivity (Wildman–Crippen MR) is 89.0 cm³/mol. The van der Waals surface area contributed by atoms with E-state index in [0.29, 0.717) is 12.0 Å². The summed E-state index contributed by atoms with van der Waals surface area (Å²) in [4.78, 5) is 12.0. The monoisotopic (exact) mass is 368 g/mol. The van der Waals surface area contributed by atoms with Gasteiger partial charge >= 0.3 is 6.18 Å². The normalized spacial score (nSPS) is 13.8. The average Bonchev–Trinajstić information content (AvgIpc) is 2.51. The first-order valence-electron chi connectivity index (χ1n) is 7.51. The first-order chi connectivity index (χ1) is 10.8. The molecule has 1 aromatic rings. The van der Waals surface area contributed by atoms with E-state index in [2.05, 4.69) is 5.32 Å². The highest BCUT2D eigenvalue weighted by Gasteiger charge is 2.31. The Morgan fingerprint density at radius 3 is 2.54 bits per heavy atom. The molecule has 0 aliphatic rings. The van der Waals surface area contributed by atoms with Crippen LogP contribution in [-0.2, 0) is 15.7 Å². The van der Waals surface area contributed by atoms with Crippen molar-refractivity contribution in [2.45, 2.75) is 44.5 Å². The maximum atomic E-state index is 12.8. The smallest absolute Gasteiger partial charge is 0.380 e. The minimum atomic E-state index is -4.41. The van der Waals surface area contributed by atoms with Crippen LogP contribution in [0.1, 0.15) is 43.4 Å². The Kier molecular flexibility index (Phi) is 9.96. The second-order valence-corrected chi connectivity index (χ2v) is 5.33. The van der Waals surface area contributed by atoms with Crippen molar-refractivity contribution in [3.05, 3.63) is 35.4 Å². The van der Waals surface area contributed by atoms with Gasteiger partial charge in [0.25, 0.3) is 0 Å². The van der Waals surface area contributed by atoms with E-state index in [4.69, 9.17) is 10.5 Å². The second kappa shape index (κ2) is 10.5. The van der Waals surface area contributed by atoms with Gasteiger partial charge in [-0.2, -0.15) is 13.2 Å². The van der Waals surface area contributed by atoms with Gasteiger partial charge in [0.05, 0.1) is 24.1 Å². The number of benzene rings is 1. The molecule has 1 aromatic carbocycles. The van der Waals surface area contributed by atoms with E-state index in [0.717, 1.165) is 18.6 Å². The number of hydrogen-bond donors (Lipinski definition) is 2. The molecule has 0 aliphatic heterocycles. The Labute approximate surface area is 146 Å². The number of carbonyl (C=O) groups is 1. The molecule has 0 aromatic heterocycles. The topological polar surface area (TPSA) is 64.4 Å². The van der Waals surface area contributed by atoms with E-state index >= 15 is 0 Å². The average molecular weight is 369 g/mol. The minimum absolute atomic E-state index is 0. The molecular weight excluding hydrogens is 345 g/mol. The number of alkyl halides is 3. The number of methoxy groups -OCH3 is 1. The number of ether oxygens (including phenoxy) is 1. The van der Waals surface area contributed by atoms with Crippen LogP contribution < -0.4 is 11.1 Å². The molecule has 0 saturated carbocycles. The van der Waals surface area contributed by atoms with E-state index in [9.17, 15) is 18.0 Å². The van der Waals surface area contributed by atoms with Gasteiger partial charge in [0, 0.05) is 13.7 Å². The van der Waals surface area contributed by atoms with Crippen LogP contribution in [0.4, 0.5) is 13.2 Å². The SMILES string of the molecule is CCCC(NC(=O)CC(CN)OC)c1cccc(C(F)(F)F)c1.Cl. The third-order valence-corrected chi connectivity index (χ3v) is 3.54. The molecule has 1 amide bonds. The number of nitrogens with one attached hydrogen (secondary N) is 1. The van der Waals surface area contributed by atoms with Crippen molar-refractivity contribution in [1.29, 1.82) is 0 Å². The van der Waals surface area contributed by atoms with E-state index < -0.39 is 23.9 Å². The summed E-state index contributed by atoms with van der Waals surface area (Å²) >= 11 is 0. The molecule has 138 valence electrons. The molecule has 2 atom stereocenters. The second-order valence-electron chi connectivity index (χ2n) is 5.33. The number of carbonyl (C=O) groups excluding carboxylic acids is 1. The van der Waals surface area contributed by atoms with Crippen molar-refractivity contribution in [3.63, 3.8) is 0 Å². The number of nitrogens with two attached hydrogens (primary N) is 1. The fourth-order valence-corrected chi connectivity index (χ4v) is 2.27. The maximum absolute atomic E-state index is 12.8. The lowest BCUT2D eigenvalue weighted by atomic mass is 9.99. The van der Waals surface area contributed by atoms with Gasteiger partial charge in [0.15, 0.2) is 0 Å². The van der Waals surface area contributed by atoms with Crippen molar-refractivity contribution in [2.75, 3.05) is 13.7 Å². The molecule has 2 unspecified atom stereocenters. The molecule has 0 saturated heterocycles. The van der Waals surface area contributed by atoms with Crippen LogP contribution in [0, 0.1) is 0 Å². The summed E-state index contributed by atoms with van der Waals surface area (Å²) in [6.45, 7) is 2.11. The molecule has 0 spiro atoms. The van der Waals surface area contributed by atoms with Crippen molar-refractivity contribution in [1.82, 2.24) is 5.32 Å². The zero-order valence-corrected chi connectivity index (χ0v) is 14.5. The third kappa shape index (κ3) is 7.07. The zero-order valence-electron chi connectivity index (χ0n) is 13.7. The standard InChI is InChI=1S/C16H23F3N2O2.ClH/c1-3-5-14(21-15(22)9-13(10-20)23-2)11-6-4-7-12(8-11)16(17,18)19;/h4,6-8,13-14H,3,5,9-10,20H2,1-2H3,(H,21,22);1H. The maximum Gasteiger partial charge on any atom is 0.416 e. The lowest BCUT2D eigenvalue weighted by Crippen LogP contribution is -2.34. The zero-order chi connectivity index (χ0) is 17.5. The summed E-state index contributed by atoms with van der Waals surface area (Å²) in [5, 5.41) is 2.77. The van der Waals surface area contributed by atoms with E-state index in [1.165, 1.54) is 13.2 Å². The summed E-state index contributed by atoms with van der Waals surface area (Å²) in [6, 6.07) is 4.57. The van der Waals surface area contributed by atoms with Crippen LogP contribution >= 0.6 is 12.4 Å². The van der Waals surface area contributed by atoms with Gasteiger partial charge in [-0.1, -0.05) is 25.5 Å². The van der Waals surface area contributed by atoms with Crippen LogP contribution in [0.5, 0.6) is 0 Å². The minimum Gasteiger partial charge on any atom is -0.380 e. The quantitative estimate of drug-likeness (QED) is 0.738. The molecule has 1 rings (SSSR count). The third-order valence-electron chi connectivity index (χ3n) is 3.54. The number of halogens is 4. The Hall–Kier alpha value is -1.31. The summed E-state index contributed by atoms with van der Waals surface area (Å²) in [5.74, 6) is -0.293. The van der Waals surface area contributed by atoms with Crippen molar-refractivity contribution in [2.24, 2.45) is 5.73 Å². The van der Waals surface area contributed by atoms with Crippen molar-refractivity contribution in [3.8, 4) is 0 Å². The van der Waals surface area contributed by atoms with Crippen molar-refractivity contribution < 1.29 is 22.7 Å². The highest BCUT2D eigenvalue weighted by atomic mass is 35.5. The highest BCUT2D eigenvalue weighted by Crippen LogP contribution is 2.31. The van der Waals surface area contributed by atoms with Crippen LogP contribution in [0.25, 0.3) is 0 Å². The lowest BCUT2D eigenvalue weighted by Gasteiger charge is -2.21. The molecule has 24 heavy (non-hydrogen) atoms. The van der Waals surface area contributed by atoms with Crippen LogP contribution in [0.15, 0.2) is 24.3 Å². The molecule has 0 fully saturated rings. The van der Waals surface area contributed by atoms with Gasteiger partial charge < -0.3 is 15.8 Å². The van der Waals surface area contributed by atoms with Crippen LogP contribution in [-0.4, -0.2) is 25.7 Å². The van der Waals surface area contributed by atoms with Crippen molar-refractivity contribution >= 4 is 18.3 Å². The highest BCUT2D eigenvalue weighted by molar-refractivity contribution is 5.85. The molecule has 0 radical (unpaired) electrons. The first kappa shape index (κ1) is 22.7. The number of rotatable bonds is 8. The lowest BCUT2D eigenvalue weighted by molar-refractivity contribution is -0.137. The van der Waals surface area contributed by atoms with Gasteiger partial charge in [-0.15, -0.1) is 12.4 Å². The van der Waals surface area contributed by atoms with E-state index in [-0.39, 0.29) is 31.3 Å². The van der Waals surface area contributed by atoms with Crippen LogP contribution in [0.3, 0.4) is 0 Å². The fourth-order valence-electron chi connectivity index (χ4n) is 2.27. The van der Waals surface area contributed by atoms with Gasteiger partial charge in [0.2, 0.25) is 5.91 Å². The molecule has 4 nitrogen and oxygen atoms in total. The predicted octanol–water partition coefficient (Wildman–Crippen LogP) is 3.45. The fraction of sp³-hybridized carbons (Fsp3) is 0.562. The largest absolute Gasteiger partial charge is 0.416 e. The van der Waals surface area contributed by atoms with Gasteiger partial charge in [-0.05, 0) is 24.1 Å². The molecule has 0 bridgehead atoms. The molecular formula is C16H24ClF3N2O2. The van der Waals surface area contributed by atoms with Gasteiger partial charge in [0.1, 0.15) is 0 Å². The van der Waals surface area contributed by atoms with Gasteiger partial charge in [-0.3, -0.25) is 4.79 Å². The molecule has 8 heteroatoms. The number of amides is 1. The Balaban J connectivity index is 0.00000529. The molecule has 3 N–H and O–H groups in total. The molecule has 0 aliphatic carbocycles. The first-order valence-corrected chi connectivity index (χ1v) is 7.51.